The lowest BCUT2D eigenvalue weighted by Crippen LogP contribution is -2.18. The molecule has 0 saturated carbocycles. The van der Waals surface area contributed by atoms with E-state index in [-0.39, 0.29) is 11.0 Å². The molecule has 0 aliphatic rings. The number of fused-ring (bicyclic) bond motifs is 1. The van der Waals surface area contributed by atoms with Crippen LogP contribution < -0.4 is 0 Å². The van der Waals surface area contributed by atoms with Crippen LogP contribution in [-0.4, -0.2) is 25.6 Å². The van der Waals surface area contributed by atoms with E-state index in [1.165, 1.54) is 16.9 Å². The minimum absolute atomic E-state index is 0.138. The van der Waals surface area contributed by atoms with Gasteiger partial charge in [-0.2, -0.15) is 0 Å². The zero-order valence-electron chi connectivity index (χ0n) is 13.1. The Kier molecular flexibility index (Phi) is 4.43. The van der Waals surface area contributed by atoms with Gasteiger partial charge in [-0.15, -0.1) is 11.3 Å². The van der Waals surface area contributed by atoms with E-state index < -0.39 is 5.97 Å². The molecule has 3 aromatic rings. The molecule has 1 aromatic carbocycles. The van der Waals surface area contributed by atoms with Gasteiger partial charge in [0.15, 0.2) is 0 Å². The van der Waals surface area contributed by atoms with E-state index in [1.54, 1.807) is 6.20 Å². The van der Waals surface area contributed by atoms with Crippen LogP contribution in [0.3, 0.4) is 0 Å². The Hall–Kier alpha value is -2.21. The van der Waals surface area contributed by atoms with Crippen molar-refractivity contribution in [3.63, 3.8) is 0 Å². The average molecular weight is 329 g/mol. The second kappa shape index (κ2) is 6.50. The standard InChI is InChI=1S/C17H19N3O2S/c1-3-11(4-2)15(20-8-7-18-10-20)12-5-6-13-14(9-12)23-16(19-13)17(21)22/h5-11,15H,3-4H2,1-2H3,(H,21,22). The molecular weight excluding hydrogens is 310 g/mol. The summed E-state index contributed by atoms with van der Waals surface area (Å²) in [5, 5.41) is 9.25. The quantitative estimate of drug-likeness (QED) is 0.735. The van der Waals surface area contributed by atoms with E-state index >= 15 is 0 Å². The molecule has 0 bridgehead atoms. The number of nitrogens with zero attached hydrogens (tertiary/aromatic N) is 3. The third-order valence-electron chi connectivity index (χ3n) is 4.28. The van der Waals surface area contributed by atoms with Gasteiger partial charge in [-0.25, -0.2) is 14.8 Å². The maximum atomic E-state index is 11.1. The Bertz CT molecular complexity index is 806. The number of hydrogen-bond donors (Lipinski definition) is 1. The molecule has 0 amide bonds. The highest BCUT2D eigenvalue weighted by molar-refractivity contribution is 7.20. The van der Waals surface area contributed by atoms with Gasteiger partial charge >= 0.3 is 5.97 Å². The topological polar surface area (TPSA) is 68.0 Å². The van der Waals surface area contributed by atoms with E-state index in [0.29, 0.717) is 5.92 Å². The normalized spacial score (nSPS) is 12.8. The summed E-state index contributed by atoms with van der Waals surface area (Å²) in [7, 11) is 0. The number of hydrogen-bond acceptors (Lipinski definition) is 4. The van der Waals surface area contributed by atoms with E-state index in [2.05, 4.69) is 40.5 Å². The number of thiazole rings is 1. The Balaban J connectivity index is 2.08. The van der Waals surface area contributed by atoms with Crippen molar-refractivity contribution in [2.45, 2.75) is 32.7 Å². The number of benzene rings is 1. The summed E-state index contributed by atoms with van der Waals surface area (Å²) >= 11 is 1.23. The number of imidazole rings is 1. The molecule has 120 valence electrons. The van der Waals surface area contributed by atoms with Crippen molar-refractivity contribution >= 4 is 27.5 Å². The second-order valence-electron chi connectivity index (χ2n) is 5.58. The number of aromatic carboxylic acids is 1. The fraction of sp³-hybridized carbons (Fsp3) is 0.353. The molecule has 0 saturated heterocycles. The summed E-state index contributed by atoms with van der Waals surface area (Å²) in [5.74, 6) is -0.479. The van der Waals surface area contributed by atoms with Crippen molar-refractivity contribution in [1.29, 1.82) is 0 Å². The highest BCUT2D eigenvalue weighted by Crippen LogP contribution is 2.34. The molecule has 6 heteroatoms. The van der Waals surface area contributed by atoms with Crippen LogP contribution in [-0.2, 0) is 0 Å². The highest BCUT2D eigenvalue weighted by Gasteiger charge is 2.23. The maximum absolute atomic E-state index is 11.1. The number of carbonyl (C=O) groups is 1. The monoisotopic (exact) mass is 329 g/mol. The van der Waals surface area contributed by atoms with Crippen LogP contribution in [0.5, 0.6) is 0 Å². The van der Waals surface area contributed by atoms with Crippen molar-refractivity contribution in [3.8, 4) is 0 Å². The zero-order chi connectivity index (χ0) is 16.4. The molecule has 1 N–H and O–H groups in total. The number of rotatable bonds is 6. The first kappa shape index (κ1) is 15.7. The Morgan fingerprint density at radius 1 is 1.35 bits per heavy atom. The van der Waals surface area contributed by atoms with Crippen LogP contribution in [0.25, 0.3) is 10.2 Å². The van der Waals surface area contributed by atoms with Gasteiger partial charge in [0.25, 0.3) is 0 Å². The third-order valence-corrected chi connectivity index (χ3v) is 5.28. The van der Waals surface area contributed by atoms with Crippen LogP contribution in [0.4, 0.5) is 0 Å². The zero-order valence-corrected chi connectivity index (χ0v) is 14.0. The molecule has 1 atom stereocenters. The third kappa shape index (κ3) is 2.99. The summed E-state index contributed by atoms with van der Waals surface area (Å²) < 4.78 is 3.05. The van der Waals surface area contributed by atoms with E-state index in [0.717, 1.165) is 23.1 Å². The van der Waals surface area contributed by atoms with Crippen molar-refractivity contribution < 1.29 is 9.90 Å². The molecule has 1 unspecified atom stereocenters. The molecule has 0 aliphatic carbocycles. The highest BCUT2D eigenvalue weighted by atomic mass is 32.1. The van der Waals surface area contributed by atoms with Gasteiger partial charge in [0, 0.05) is 12.4 Å². The lowest BCUT2D eigenvalue weighted by atomic mass is 9.88. The van der Waals surface area contributed by atoms with Crippen LogP contribution in [0.15, 0.2) is 36.9 Å². The molecule has 3 rings (SSSR count). The van der Waals surface area contributed by atoms with Crippen LogP contribution in [0, 0.1) is 5.92 Å². The van der Waals surface area contributed by atoms with Gasteiger partial charge in [-0.3, -0.25) is 0 Å². The summed E-state index contributed by atoms with van der Waals surface area (Å²) in [4.78, 5) is 19.5. The van der Waals surface area contributed by atoms with Crippen molar-refractivity contribution in [3.05, 3.63) is 47.5 Å². The van der Waals surface area contributed by atoms with Gasteiger partial charge in [-0.05, 0) is 23.6 Å². The van der Waals surface area contributed by atoms with Gasteiger partial charge in [0.05, 0.1) is 22.6 Å². The SMILES string of the molecule is CCC(CC)C(c1ccc2nc(C(=O)O)sc2c1)n1ccnc1. The maximum Gasteiger partial charge on any atom is 0.365 e. The first-order valence-corrected chi connectivity index (χ1v) is 8.56. The summed E-state index contributed by atoms with van der Waals surface area (Å²) in [6, 6.07) is 6.24. The van der Waals surface area contributed by atoms with Gasteiger partial charge in [0.2, 0.25) is 5.01 Å². The first-order chi connectivity index (χ1) is 11.1. The van der Waals surface area contributed by atoms with Crippen LogP contribution in [0.2, 0.25) is 0 Å². The minimum atomic E-state index is -0.973. The molecular formula is C17H19N3O2S. The number of carboxylic acids is 1. The lowest BCUT2D eigenvalue weighted by molar-refractivity contribution is 0.0696. The summed E-state index contributed by atoms with van der Waals surface area (Å²) in [6.45, 7) is 4.40. The molecule has 0 spiro atoms. The molecule has 2 aromatic heterocycles. The Morgan fingerprint density at radius 2 is 2.13 bits per heavy atom. The molecule has 0 fully saturated rings. The second-order valence-corrected chi connectivity index (χ2v) is 6.61. The smallest absolute Gasteiger partial charge is 0.365 e. The predicted octanol–water partition coefficient (Wildman–Crippen LogP) is 4.22. The number of carboxylic acid groups (broad SMARTS) is 1. The predicted molar refractivity (Wildman–Crippen MR) is 91.0 cm³/mol. The largest absolute Gasteiger partial charge is 0.476 e. The van der Waals surface area contributed by atoms with Crippen molar-refractivity contribution in [2.24, 2.45) is 5.92 Å². The molecule has 0 aliphatic heterocycles. The first-order valence-electron chi connectivity index (χ1n) is 7.75. The summed E-state index contributed by atoms with van der Waals surface area (Å²) in [6.07, 6.45) is 7.77. The Labute approximate surface area is 138 Å². The Morgan fingerprint density at radius 3 is 2.74 bits per heavy atom. The van der Waals surface area contributed by atoms with Crippen LogP contribution in [0.1, 0.15) is 48.1 Å². The fourth-order valence-electron chi connectivity index (χ4n) is 3.07. The van der Waals surface area contributed by atoms with Crippen molar-refractivity contribution in [2.75, 3.05) is 0 Å². The van der Waals surface area contributed by atoms with E-state index in [4.69, 9.17) is 5.11 Å². The van der Waals surface area contributed by atoms with Crippen molar-refractivity contribution in [1.82, 2.24) is 14.5 Å². The van der Waals surface area contributed by atoms with Gasteiger partial charge in [0.1, 0.15) is 0 Å². The minimum Gasteiger partial charge on any atom is -0.476 e. The fourth-order valence-corrected chi connectivity index (χ4v) is 3.93. The van der Waals surface area contributed by atoms with E-state index in [9.17, 15) is 4.79 Å². The summed E-state index contributed by atoms with van der Waals surface area (Å²) in [5.41, 5.74) is 1.91. The van der Waals surface area contributed by atoms with Gasteiger partial charge < -0.3 is 9.67 Å². The van der Waals surface area contributed by atoms with E-state index in [1.807, 2.05) is 18.6 Å². The molecule has 5 nitrogen and oxygen atoms in total. The molecule has 23 heavy (non-hydrogen) atoms. The molecule has 0 radical (unpaired) electrons. The lowest BCUT2D eigenvalue weighted by Gasteiger charge is -2.27. The number of aromatic nitrogens is 3. The average Bonchev–Trinajstić information content (AvgIpc) is 3.20. The van der Waals surface area contributed by atoms with Gasteiger partial charge in [-0.1, -0.05) is 32.8 Å². The van der Waals surface area contributed by atoms with Crippen LogP contribution >= 0.6 is 11.3 Å². The molecule has 2 heterocycles.